The van der Waals surface area contributed by atoms with Crippen LogP contribution in [0.4, 0.5) is 10.1 Å². The monoisotopic (exact) mass is 299 g/mol. The number of para-hydroxylation sites is 1. The molecule has 0 bridgehead atoms. The van der Waals surface area contributed by atoms with Gasteiger partial charge in [0.15, 0.2) is 0 Å². The summed E-state index contributed by atoms with van der Waals surface area (Å²) in [4.78, 5) is 11.9. The molecule has 0 saturated heterocycles. The predicted molar refractivity (Wildman–Crippen MR) is 72.5 cm³/mol. The fourth-order valence-corrected chi connectivity index (χ4v) is 1.98. The number of phenolic OH excluding ortho intramolecular Hbond substituents is 1. The number of halogens is 3. The van der Waals surface area contributed by atoms with Crippen molar-refractivity contribution in [2.75, 3.05) is 5.32 Å². The summed E-state index contributed by atoms with van der Waals surface area (Å²) < 4.78 is 13.5. The maximum absolute atomic E-state index is 13.5. The van der Waals surface area contributed by atoms with Crippen LogP contribution in [-0.2, 0) is 0 Å². The van der Waals surface area contributed by atoms with Gasteiger partial charge in [-0.2, -0.15) is 0 Å². The van der Waals surface area contributed by atoms with Crippen molar-refractivity contribution in [1.82, 2.24) is 0 Å². The van der Waals surface area contributed by atoms with E-state index >= 15 is 0 Å². The number of aromatic hydroxyl groups is 1. The number of hydrogen-bond donors (Lipinski definition) is 2. The minimum Gasteiger partial charge on any atom is -0.508 e. The SMILES string of the molecule is O=C(Nc1c(Cl)cccc1Cl)c1ccc(O)cc1F. The first-order valence-corrected chi connectivity index (χ1v) is 5.98. The second kappa shape index (κ2) is 5.47. The van der Waals surface area contributed by atoms with Gasteiger partial charge in [0, 0.05) is 6.07 Å². The molecule has 1 amide bonds. The molecule has 0 heterocycles. The van der Waals surface area contributed by atoms with Crippen LogP contribution in [0.1, 0.15) is 10.4 Å². The Labute approximate surface area is 118 Å². The molecule has 3 nitrogen and oxygen atoms in total. The molecule has 0 spiro atoms. The third-order valence-electron chi connectivity index (χ3n) is 2.40. The number of benzene rings is 2. The number of phenols is 1. The molecule has 0 radical (unpaired) electrons. The van der Waals surface area contributed by atoms with Gasteiger partial charge in [0.1, 0.15) is 11.6 Å². The molecule has 0 fully saturated rings. The highest BCUT2D eigenvalue weighted by Gasteiger charge is 2.15. The van der Waals surface area contributed by atoms with E-state index in [9.17, 15) is 9.18 Å². The van der Waals surface area contributed by atoms with Gasteiger partial charge in [0.2, 0.25) is 0 Å². The smallest absolute Gasteiger partial charge is 0.258 e. The summed E-state index contributed by atoms with van der Waals surface area (Å²) in [7, 11) is 0. The van der Waals surface area contributed by atoms with E-state index in [1.807, 2.05) is 0 Å². The maximum atomic E-state index is 13.5. The van der Waals surface area contributed by atoms with Gasteiger partial charge in [-0.3, -0.25) is 4.79 Å². The number of hydrogen-bond acceptors (Lipinski definition) is 2. The maximum Gasteiger partial charge on any atom is 0.258 e. The van der Waals surface area contributed by atoms with E-state index < -0.39 is 11.7 Å². The lowest BCUT2D eigenvalue weighted by atomic mass is 10.2. The molecule has 6 heteroatoms. The number of anilines is 1. The molecule has 2 rings (SSSR count). The van der Waals surface area contributed by atoms with Crippen molar-refractivity contribution in [3.8, 4) is 5.75 Å². The largest absolute Gasteiger partial charge is 0.508 e. The van der Waals surface area contributed by atoms with E-state index in [-0.39, 0.29) is 27.0 Å². The Balaban J connectivity index is 2.31. The van der Waals surface area contributed by atoms with Crippen molar-refractivity contribution < 1.29 is 14.3 Å². The van der Waals surface area contributed by atoms with Crippen LogP contribution in [-0.4, -0.2) is 11.0 Å². The highest BCUT2D eigenvalue weighted by Crippen LogP contribution is 2.30. The van der Waals surface area contributed by atoms with Crippen molar-refractivity contribution in [3.05, 3.63) is 57.8 Å². The Kier molecular flexibility index (Phi) is 3.93. The highest BCUT2D eigenvalue weighted by molar-refractivity contribution is 6.40. The number of rotatable bonds is 2. The lowest BCUT2D eigenvalue weighted by molar-refractivity contribution is 0.102. The molecule has 19 heavy (non-hydrogen) atoms. The van der Waals surface area contributed by atoms with Crippen LogP contribution >= 0.6 is 23.2 Å². The van der Waals surface area contributed by atoms with Gasteiger partial charge in [-0.1, -0.05) is 29.3 Å². The Morgan fingerprint density at radius 1 is 1.16 bits per heavy atom. The summed E-state index contributed by atoms with van der Waals surface area (Å²) in [5.41, 5.74) is -0.00269. The first kappa shape index (κ1) is 13.6. The van der Waals surface area contributed by atoms with Gasteiger partial charge in [0.05, 0.1) is 21.3 Å². The summed E-state index contributed by atoms with van der Waals surface area (Å²) in [6.45, 7) is 0. The zero-order valence-corrected chi connectivity index (χ0v) is 11.0. The Hall–Kier alpha value is -1.78. The third kappa shape index (κ3) is 2.97. The van der Waals surface area contributed by atoms with Crippen LogP contribution in [0.2, 0.25) is 10.0 Å². The van der Waals surface area contributed by atoms with Gasteiger partial charge in [-0.25, -0.2) is 4.39 Å². The zero-order chi connectivity index (χ0) is 14.0. The molecule has 0 aliphatic heterocycles. The Bertz CT molecular complexity index is 626. The first-order valence-electron chi connectivity index (χ1n) is 5.23. The quantitative estimate of drug-likeness (QED) is 0.877. The number of carbonyl (C=O) groups is 1. The van der Waals surface area contributed by atoms with E-state index in [1.54, 1.807) is 18.2 Å². The van der Waals surface area contributed by atoms with Gasteiger partial charge >= 0.3 is 0 Å². The van der Waals surface area contributed by atoms with Gasteiger partial charge in [-0.05, 0) is 24.3 Å². The zero-order valence-electron chi connectivity index (χ0n) is 9.45. The summed E-state index contributed by atoms with van der Waals surface area (Å²) >= 11 is 11.8. The van der Waals surface area contributed by atoms with Crippen molar-refractivity contribution in [2.45, 2.75) is 0 Å². The average Bonchev–Trinajstić information content (AvgIpc) is 2.33. The molecular formula is C13H8Cl2FNO2. The topological polar surface area (TPSA) is 49.3 Å². The minimum atomic E-state index is -0.833. The van der Waals surface area contributed by atoms with Gasteiger partial charge in [0.25, 0.3) is 5.91 Å². The van der Waals surface area contributed by atoms with Gasteiger partial charge in [-0.15, -0.1) is 0 Å². The van der Waals surface area contributed by atoms with Crippen LogP contribution in [0.3, 0.4) is 0 Å². The number of carbonyl (C=O) groups excluding carboxylic acids is 1. The van der Waals surface area contributed by atoms with Crippen molar-refractivity contribution in [1.29, 1.82) is 0 Å². The summed E-state index contributed by atoms with van der Waals surface area (Å²) in [5.74, 6) is -1.79. The fraction of sp³-hybridized carbons (Fsp3) is 0. The standard InChI is InChI=1S/C13H8Cl2FNO2/c14-9-2-1-3-10(15)12(9)17-13(19)8-5-4-7(18)6-11(8)16/h1-6,18H,(H,17,19). The molecule has 0 saturated carbocycles. The number of nitrogens with one attached hydrogen (secondary N) is 1. The molecule has 0 aromatic heterocycles. The average molecular weight is 300 g/mol. The second-order valence-corrected chi connectivity index (χ2v) is 4.53. The minimum absolute atomic E-state index is 0.211. The van der Waals surface area contributed by atoms with Crippen molar-refractivity contribution in [2.24, 2.45) is 0 Å². The van der Waals surface area contributed by atoms with Crippen LogP contribution < -0.4 is 5.32 Å². The Morgan fingerprint density at radius 3 is 2.37 bits per heavy atom. The van der Waals surface area contributed by atoms with E-state index in [0.717, 1.165) is 6.07 Å². The van der Waals surface area contributed by atoms with E-state index in [2.05, 4.69) is 5.32 Å². The third-order valence-corrected chi connectivity index (χ3v) is 3.03. The van der Waals surface area contributed by atoms with E-state index in [1.165, 1.54) is 12.1 Å². The lowest BCUT2D eigenvalue weighted by Gasteiger charge is -2.09. The first-order chi connectivity index (χ1) is 8.99. The summed E-state index contributed by atoms with van der Waals surface area (Å²) in [6.07, 6.45) is 0. The number of amides is 1. The molecule has 0 atom stereocenters. The molecule has 98 valence electrons. The van der Waals surface area contributed by atoms with E-state index in [4.69, 9.17) is 28.3 Å². The molecular weight excluding hydrogens is 292 g/mol. The van der Waals surface area contributed by atoms with Crippen molar-refractivity contribution >= 4 is 34.8 Å². The molecule has 0 unspecified atom stereocenters. The summed E-state index contributed by atoms with van der Waals surface area (Å²) in [5, 5.41) is 12.0. The second-order valence-electron chi connectivity index (χ2n) is 3.71. The molecule has 0 aliphatic rings. The molecule has 2 aromatic carbocycles. The molecule has 2 aromatic rings. The van der Waals surface area contributed by atoms with Crippen LogP contribution in [0.15, 0.2) is 36.4 Å². The predicted octanol–water partition coefficient (Wildman–Crippen LogP) is 4.09. The Morgan fingerprint density at radius 2 is 1.79 bits per heavy atom. The van der Waals surface area contributed by atoms with Crippen LogP contribution in [0.25, 0.3) is 0 Å². The van der Waals surface area contributed by atoms with Crippen LogP contribution in [0, 0.1) is 5.82 Å². The van der Waals surface area contributed by atoms with Crippen LogP contribution in [0.5, 0.6) is 5.75 Å². The fourth-order valence-electron chi connectivity index (χ4n) is 1.49. The molecule has 2 N–H and O–H groups in total. The van der Waals surface area contributed by atoms with Gasteiger partial charge < -0.3 is 10.4 Å². The molecule has 0 aliphatic carbocycles. The normalized spacial score (nSPS) is 10.3. The van der Waals surface area contributed by atoms with E-state index in [0.29, 0.717) is 0 Å². The van der Waals surface area contributed by atoms with Crippen molar-refractivity contribution in [3.63, 3.8) is 0 Å². The highest BCUT2D eigenvalue weighted by atomic mass is 35.5. The lowest BCUT2D eigenvalue weighted by Crippen LogP contribution is -2.14. The summed E-state index contributed by atoms with van der Waals surface area (Å²) in [6, 6.07) is 7.97.